The Hall–Kier alpha value is -1.97. The molecule has 0 radical (unpaired) electrons. The standard InChI is InChI=1S/C30H47FN2O/c1-4-6-8-9-10-11-15-26-23-32-30(33-24-26)27-17-19-29(20-18-27)34-22-21-28(31)16-12-14-25(3)13-7-5-2/h17-20,23-25,28H,4-16,21-22H2,1-3H3. The lowest BCUT2D eigenvalue weighted by molar-refractivity contribution is 0.220. The Labute approximate surface area is 208 Å². The van der Waals surface area contributed by atoms with Crippen LogP contribution < -0.4 is 4.74 Å². The van der Waals surface area contributed by atoms with Gasteiger partial charge in [-0.05, 0) is 55.0 Å². The van der Waals surface area contributed by atoms with Gasteiger partial charge in [-0.15, -0.1) is 0 Å². The number of hydrogen-bond donors (Lipinski definition) is 0. The molecule has 2 atom stereocenters. The highest BCUT2D eigenvalue weighted by Gasteiger charge is 2.09. The van der Waals surface area contributed by atoms with Crippen LogP contribution in [0.25, 0.3) is 11.4 Å². The number of ether oxygens (including phenoxy) is 1. The van der Waals surface area contributed by atoms with Gasteiger partial charge in [0.25, 0.3) is 0 Å². The minimum atomic E-state index is -0.777. The Morgan fingerprint density at radius 3 is 2.12 bits per heavy atom. The number of benzene rings is 1. The van der Waals surface area contributed by atoms with Crippen molar-refractivity contribution >= 4 is 0 Å². The first-order valence-corrected chi connectivity index (χ1v) is 13.8. The molecule has 2 unspecified atom stereocenters. The van der Waals surface area contributed by atoms with Gasteiger partial charge in [0.15, 0.2) is 5.82 Å². The summed E-state index contributed by atoms with van der Waals surface area (Å²) in [6.07, 6.45) is 18.9. The van der Waals surface area contributed by atoms with E-state index in [1.165, 1.54) is 63.4 Å². The molecule has 1 aromatic carbocycles. The van der Waals surface area contributed by atoms with Gasteiger partial charge in [-0.25, -0.2) is 14.4 Å². The average Bonchev–Trinajstić information content (AvgIpc) is 2.86. The molecule has 190 valence electrons. The van der Waals surface area contributed by atoms with Crippen molar-refractivity contribution in [3.63, 3.8) is 0 Å². The SMILES string of the molecule is CCCCCCCCc1cnc(-c2ccc(OCCC(F)CCCC(C)CCCC)cc2)nc1. The fourth-order valence-electron chi connectivity index (χ4n) is 4.28. The number of unbranched alkanes of at least 4 members (excludes halogenated alkanes) is 6. The second-order valence-electron chi connectivity index (χ2n) is 9.87. The molecule has 3 nitrogen and oxygen atoms in total. The number of halogens is 1. The van der Waals surface area contributed by atoms with Crippen LogP contribution in [-0.4, -0.2) is 22.7 Å². The van der Waals surface area contributed by atoms with Crippen molar-refractivity contribution in [1.82, 2.24) is 9.97 Å². The lowest BCUT2D eigenvalue weighted by atomic mass is 9.97. The molecule has 2 aromatic rings. The summed E-state index contributed by atoms with van der Waals surface area (Å²) in [5.74, 6) is 2.21. The summed E-state index contributed by atoms with van der Waals surface area (Å²) in [5.41, 5.74) is 2.18. The summed E-state index contributed by atoms with van der Waals surface area (Å²) >= 11 is 0. The summed E-state index contributed by atoms with van der Waals surface area (Å²) in [6.45, 7) is 7.17. The average molecular weight is 471 g/mol. The van der Waals surface area contributed by atoms with E-state index in [-0.39, 0.29) is 0 Å². The summed E-state index contributed by atoms with van der Waals surface area (Å²) in [7, 11) is 0. The van der Waals surface area contributed by atoms with Crippen molar-refractivity contribution in [1.29, 1.82) is 0 Å². The monoisotopic (exact) mass is 470 g/mol. The topological polar surface area (TPSA) is 35.0 Å². The van der Waals surface area contributed by atoms with Crippen LogP contribution in [0.2, 0.25) is 0 Å². The molecule has 0 aliphatic heterocycles. The van der Waals surface area contributed by atoms with E-state index < -0.39 is 6.17 Å². The Morgan fingerprint density at radius 1 is 0.765 bits per heavy atom. The van der Waals surface area contributed by atoms with E-state index in [4.69, 9.17) is 4.74 Å². The first-order valence-electron chi connectivity index (χ1n) is 13.8. The number of nitrogens with zero attached hydrogens (tertiary/aromatic N) is 2. The van der Waals surface area contributed by atoms with Crippen molar-refractivity contribution in [2.24, 2.45) is 5.92 Å². The molecule has 0 saturated heterocycles. The first-order chi connectivity index (χ1) is 16.6. The van der Waals surface area contributed by atoms with Crippen LogP contribution in [0.15, 0.2) is 36.7 Å². The molecule has 2 rings (SSSR count). The van der Waals surface area contributed by atoms with Crippen LogP contribution in [0.1, 0.15) is 110 Å². The number of rotatable bonds is 19. The second-order valence-corrected chi connectivity index (χ2v) is 9.87. The summed E-state index contributed by atoms with van der Waals surface area (Å²) in [5, 5.41) is 0. The number of aromatic nitrogens is 2. The van der Waals surface area contributed by atoms with Gasteiger partial charge in [0.2, 0.25) is 0 Å². The quantitative estimate of drug-likeness (QED) is 0.192. The van der Waals surface area contributed by atoms with E-state index in [2.05, 4.69) is 30.7 Å². The number of hydrogen-bond acceptors (Lipinski definition) is 3. The molecule has 0 aliphatic rings. The lowest BCUT2D eigenvalue weighted by Gasteiger charge is -2.13. The molecule has 1 aromatic heterocycles. The summed E-state index contributed by atoms with van der Waals surface area (Å²) < 4.78 is 19.9. The van der Waals surface area contributed by atoms with Gasteiger partial charge in [0.1, 0.15) is 11.9 Å². The van der Waals surface area contributed by atoms with Crippen molar-refractivity contribution < 1.29 is 9.13 Å². The Balaban J connectivity index is 1.64. The van der Waals surface area contributed by atoms with Gasteiger partial charge in [-0.3, -0.25) is 0 Å². The van der Waals surface area contributed by atoms with Crippen molar-refractivity contribution in [3.05, 3.63) is 42.2 Å². The second kappa shape index (κ2) is 17.5. The van der Waals surface area contributed by atoms with Crippen LogP contribution in [0.4, 0.5) is 4.39 Å². The molecule has 0 saturated carbocycles. The highest BCUT2D eigenvalue weighted by atomic mass is 19.1. The summed E-state index contributed by atoms with van der Waals surface area (Å²) in [6, 6.07) is 7.79. The third-order valence-electron chi connectivity index (χ3n) is 6.60. The van der Waals surface area contributed by atoms with Gasteiger partial charge < -0.3 is 4.74 Å². The Morgan fingerprint density at radius 2 is 1.41 bits per heavy atom. The van der Waals surface area contributed by atoms with Gasteiger partial charge in [-0.1, -0.05) is 85.0 Å². The molecule has 0 aliphatic carbocycles. The van der Waals surface area contributed by atoms with E-state index in [1.54, 1.807) is 0 Å². The molecular formula is C30H47FN2O. The number of alkyl halides is 1. The van der Waals surface area contributed by atoms with E-state index in [1.807, 2.05) is 36.7 Å². The van der Waals surface area contributed by atoms with Gasteiger partial charge >= 0.3 is 0 Å². The molecule has 0 fully saturated rings. The van der Waals surface area contributed by atoms with Crippen molar-refractivity contribution in [2.45, 2.75) is 117 Å². The zero-order valence-electron chi connectivity index (χ0n) is 21.9. The predicted octanol–water partition coefficient (Wildman–Crippen LogP) is 9.15. The smallest absolute Gasteiger partial charge is 0.159 e. The van der Waals surface area contributed by atoms with Crippen LogP contribution in [-0.2, 0) is 6.42 Å². The third kappa shape index (κ3) is 11.9. The Kier molecular flexibility index (Phi) is 14.5. The highest BCUT2D eigenvalue weighted by molar-refractivity contribution is 5.55. The molecule has 1 heterocycles. The van der Waals surface area contributed by atoms with Crippen molar-refractivity contribution in [2.75, 3.05) is 6.61 Å². The fourth-order valence-corrected chi connectivity index (χ4v) is 4.28. The zero-order valence-corrected chi connectivity index (χ0v) is 21.9. The van der Waals surface area contributed by atoms with E-state index in [0.717, 1.165) is 36.4 Å². The van der Waals surface area contributed by atoms with Crippen LogP contribution in [0, 0.1) is 5.92 Å². The van der Waals surface area contributed by atoms with Crippen LogP contribution >= 0.6 is 0 Å². The molecule has 0 spiro atoms. The van der Waals surface area contributed by atoms with E-state index in [9.17, 15) is 4.39 Å². The van der Waals surface area contributed by atoms with Crippen LogP contribution in [0.3, 0.4) is 0 Å². The van der Waals surface area contributed by atoms with Crippen molar-refractivity contribution in [3.8, 4) is 17.1 Å². The molecule has 0 bridgehead atoms. The molecule has 4 heteroatoms. The van der Waals surface area contributed by atoms with Gasteiger partial charge in [-0.2, -0.15) is 0 Å². The van der Waals surface area contributed by atoms with E-state index >= 15 is 0 Å². The number of aryl methyl sites for hydroxylation is 1. The lowest BCUT2D eigenvalue weighted by Crippen LogP contribution is -2.08. The van der Waals surface area contributed by atoms with Gasteiger partial charge in [0.05, 0.1) is 6.61 Å². The normalized spacial score (nSPS) is 13.1. The van der Waals surface area contributed by atoms with Crippen LogP contribution in [0.5, 0.6) is 5.75 Å². The molecule has 34 heavy (non-hydrogen) atoms. The Bertz CT molecular complexity index is 747. The van der Waals surface area contributed by atoms with Gasteiger partial charge in [0, 0.05) is 24.4 Å². The fraction of sp³-hybridized carbons (Fsp3) is 0.667. The molecule has 0 amide bonds. The summed E-state index contributed by atoms with van der Waals surface area (Å²) in [4.78, 5) is 9.10. The molecule has 0 N–H and O–H groups in total. The maximum Gasteiger partial charge on any atom is 0.159 e. The minimum absolute atomic E-state index is 0.412. The largest absolute Gasteiger partial charge is 0.493 e. The van der Waals surface area contributed by atoms with E-state index in [0.29, 0.717) is 25.4 Å². The third-order valence-corrected chi connectivity index (χ3v) is 6.60. The minimum Gasteiger partial charge on any atom is -0.493 e. The first kappa shape index (κ1) is 28.3. The maximum atomic E-state index is 14.2. The highest BCUT2D eigenvalue weighted by Crippen LogP contribution is 2.21. The maximum absolute atomic E-state index is 14.2. The molecular weight excluding hydrogens is 423 g/mol. The predicted molar refractivity (Wildman–Crippen MR) is 142 cm³/mol. The zero-order chi connectivity index (χ0) is 24.4.